The predicted molar refractivity (Wildman–Crippen MR) is 58.2 cm³/mol. The predicted octanol–water partition coefficient (Wildman–Crippen LogP) is 2.73. The van der Waals surface area contributed by atoms with E-state index in [0.29, 0.717) is 0 Å². The molecule has 17 heavy (non-hydrogen) atoms. The Kier molecular flexibility index (Phi) is 3.70. The van der Waals surface area contributed by atoms with Crippen LogP contribution in [0.5, 0.6) is 5.75 Å². The largest absolute Gasteiger partial charge is 0.491 e. The molecule has 0 aliphatic rings. The molecule has 1 aromatic rings. The van der Waals surface area contributed by atoms with E-state index in [4.69, 9.17) is 5.11 Å². The first-order chi connectivity index (χ1) is 7.77. The summed E-state index contributed by atoms with van der Waals surface area (Å²) in [7, 11) is 1.17. The number of methoxy groups -OCH3 is 1. The summed E-state index contributed by atoms with van der Waals surface area (Å²) in [6.07, 6.45) is -0.210. The summed E-state index contributed by atoms with van der Waals surface area (Å²) in [5.74, 6) is -3.14. The number of halogens is 2. The molecule has 0 saturated heterocycles. The third-order valence-corrected chi connectivity index (χ3v) is 2.58. The molecule has 94 valence electrons. The molecule has 0 saturated carbocycles. The van der Waals surface area contributed by atoms with Crippen LogP contribution in [0.2, 0.25) is 0 Å². The van der Waals surface area contributed by atoms with Gasteiger partial charge in [-0.25, -0.2) is 8.78 Å². The highest BCUT2D eigenvalue weighted by Gasteiger charge is 2.26. The molecule has 0 bridgehead atoms. The first kappa shape index (κ1) is 13.4. The molecular formula is C12H14F2O3. The van der Waals surface area contributed by atoms with Crippen molar-refractivity contribution >= 4 is 5.97 Å². The topological polar surface area (TPSA) is 46.5 Å². The molecule has 1 aromatic carbocycles. The Morgan fingerprint density at radius 1 is 1.35 bits per heavy atom. The summed E-state index contributed by atoms with van der Waals surface area (Å²) in [6, 6.07) is 2.20. The lowest BCUT2D eigenvalue weighted by Crippen LogP contribution is -2.22. The summed E-state index contributed by atoms with van der Waals surface area (Å²) < 4.78 is 31.5. The van der Waals surface area contributed by atoms with Crippen LogP contribution in [0, 0.1) is 11.6 Å². The van der Waals surface area contributed by atoms with Crippen LogP contribution in [0.3, 0.4) is 0 Å². The van der Waals surface area contributed by atoms with E-state index >= 15 is 0 Å². The van der Waals surface area contributed by atoms with E-state index in [1.807, 2.05) is 0 Å². The first-order valence-corrected chi connectivity index (χ1v) is 5.03. The van der Waals surface area contributed by atoms with Gasteiger partial charge in [-0.15, -0.1) is 0 Å². The number of rotatable bonds is 4. The SMILES string of the molecule is COc1c(F)cc(C(C)(C)CC(=O)O)cc1F. The van der Waals surface area contributed by atoms with E-state index in [1.165, 1.54) is 7.11 Å². The van der Waals surface area contributed by atoms with Gasteiger partial charge < -0.3 is 9.84 Å². The minimum absolute atomic E-state index is 0.210. The molecule has 1 rings (SSSR count). The van der Waals surface area contributed by atoms with Crippen LogP contribution >= 0.6 is 0 Å². The third-order valence-electron chi connectivity index (χ3n) is 2.58. The quantitative estimate of drug-likeness (QED) is 0.885. The minimum Gasteiger partial charge on any atom is -0.491 e. The van der Waals surface area contributed by atoms with Gasteiger partial charge in [-0.1, -0.05) is 13.8 Å². The molecule has 0 spiro atoms. The first-order valence-electron chi connectivity index (χ1n) is 5.03. The number of carbonyl (C=O) groups is 1. The normalized spacial score (nSPS) is 11.4. The van der Waals surface area contributed by atoms with Gasteiger partial charge in [0.1, 0.15) is 0 Å². The molecule has 0 heterocycles. The van der Waals surface area contributed by atoms with Crippen LogP contribution in [0.25, 0.3) is 0 Å². The third kappa shape index (κ3) is 2.93. The van der Waals surface area contributed by atoms with Crippen molar-refractivity contribution in [2.24, 2.45) is 0 Å². The second-order valence-electron chi connectivity index (χ2n) is 4.43. The van der Waals surface area contributed by atoms with E-state index in [0.717, 1.165) is 12.1 Å². The average Bonchev–Trinajstić information content (AvgIpc) is 2.14. The molecule has 0 amide bonds. The molecule has 0 radical (unpaired) electrons. The van der Waals surface area contributed by atoms with Gasteiger partial charge in [0.2, 0.25) is 0 Å². The lowest BCUT2D eigenvalue weighted by molar-refractivity contribution is -0.138. The number of carboxylic acids is 1. The van der Waals surface area contributed by atoms with Gasteiger partial charge in [-0.2, -0.15) is 0 Å². The molecule has 5 heteroatoms. The van der Waals surface area contributed by atoms with Crippen LogP contribution in [0.1, 0.15) is 25.8 Å². The Morgan fingerprint density at radius 3 is 2.18 bits per heavy atom. The number of carboxylic acid groups (broad SMARTS) is 1. The van der Waals surface area contributed by atoms with Crippen molar-refractivity contribution < 1.29 is 23.4 Å². The molecule has 0 unspecified atom stereocenters. The highest BCUT2D eigenvalue weighted by atomic mass is 19.1. The summed E-state index contributed by atoms with van der Waals surface area (Å²) in [5, 5.41) is 8.74. The van der Waals surface area contributed by atoms with Crippen LogP contribution in [0.4, 0.5) is 8.78 Å². The van der Waals surface area contributed by atoms with Gasteiger partial charge in [0.25, 0.3) is 0 Å². The van der Waals surface area contributed by atoms with Gasteiger partial charge in [-0.3, -0.25) is 4.79 Å². The van der Waals surface area contributed by atoms with E-state index in [9.17, 15) is 13.6 Å². The number of benzene rings is 1. The smallest absolute Gasteiger partial charge is 0.304 e. The van der Waals surface area contributed by atoms with Crippen molar-refractivity contribution in [3.8, 4) is 5.75 Å². The molecule has 0 aliphatic heterocycles. The summed E-state index contributed by atoms with van der Waals surface area (Å²) in [6.45, 7) is 3.23. The van der Waals surface area contributed by atoms with Crippen molar-refractivity contribution in [3.63, 3.8) is 0 Å². The van der Waals surface area contributed by atoms with Crippen molar-refractivity contribution in [1.29, 1.82) is 0 Å². The second kappa shape index (κ2) is 4.69. The fourth-order valence-electron chi connectivity index (χ4n) is 1.63. The zero-order chi connectivity index (χ0) is 13.2. The lowest BCUT2D eigenvalue weighted by Gasteiger charge is -2.23. The maximum Gasteiger partial charge on any atom is 0.304 e. The van der Waals surface area contributed by atoms with Crippen molar-refractivity contribution in [2.75, 3.05) is 7.11 Å². The maximum absolute atomic E-state index is 13.5. The summed E-state index contributed by atoms with van der Waals surface area (Å²) in [4.78, 5) is 10.7. The zero-order valence-corrected chi connectivity index (χ0v) is 9.88. The fourth-order valence-corrected chi connectivity index (χ4v) is 1.63. The van der Waals surface area contributed by atoms with Crippen LogP contribution in [-0.2, 0) is 10.2 Å². The van der Waals surface area contributed by atoms with Gasteiger partial charge >= 0.3 is 5.97 Å². The Bertz CT molecular complexity index is 418. The van der Waals surface area contributed by atoms with Crippen molar-refractivity contribution in [2.45, 2.75) is 25.7 Å². The second-order valence-corrected chi connectivity index (χ2v) is 4.43. The Morgan fingerprint density at radius 2 is 1.82 bits per heavy atom. The molecule has 0 aromatic heterocycles. The minimum atomic E-state index is -1.02. The molecular weight excluding hydrogens is 230 g/mol. The highest BCUT2D eigenvalue weighted by Crippen LogP contribution is 2.32. The standard InChI is InChI=1S/C12H14F2O3/c1-12(2,6-10(15)16)7-4-8(13)11(17-3)9(14)5-7/h4-5H,6H2,1-3H3,(H,15,16). The monoisotopic (exact) mass is 244 g/mol. The van der Waals surface area contributed by atoms with Gasteiger partial charge in [0.15, 0.2) is 17.4 Å². The maximum atomic E-state index is 13.5. The van der Waals surface area contributed by atoms with Gasteiger partial charge in [-0.05, 0) is 17.7 Å². The molecule has 0 atom stereocenters. The molecule has 1 N–H and O–H groups in total. The van der Waals surface area contributed by atoms with E-state index < -0.39 is 28.8 Å². The number of ether oxygens (including phenoxy) is 1. The Labute approximate surface area is 98.0 Å². The lowest BCUT2D eigenvalue weighted by atomic mass is 9.81. The number of aliphatic carboxylic acids is 1. The summed E-state index contributed by atoms with van der Waals surface area (Å²) >= 11 is 0. The van der Waals surface area contributed by atoms with E-state index in [2.05, 4.69) is 4.74 Å². The summed E-state index contributed by atoms with van der Waals surface area (Å²) in [5.41, 5.74) is -0.560. The van der Waals surface area contributed by atoms with Crippen LogP contribution < -0.4 is 4.74 Å². The fraction of sp³-hybridized carbons (Fsp3) is 0.417. The highest BCUT2D eigenvalue weighted by molar-refractivity contribution is 5.68. The van der Waals surface area contributed by atoms with Crippen LogP contribution in [0.15, 0.2) is 12.1 Å². The molecule has 0 aliphatic carbocycles. The van der Waals surface area contributed by atoms with Gasteiger partial charge in [0, 0.05) is 5.41 Å². The number of hydrogen-bond donors (Lipinski definition) is 1. The zero-order valence-electron chi connectivity index (χ0n) is 9.88. The molecule has 3 nitrogen and oxygen atoms in total. The van der Waals surface area contributed by atoms with Gasteiger partial charge in [0.05, 0.1) is 13.5 Å². The Hall–Kier alpha value is -1.65. The van der Waals surface area contributed by atoms with E-state index in [1.54, 1.807) is 13.8 Å². The van der Waals surface area contributed by atoms with Crippen LogP contribution in [-0.4, -0.2) is 18.2 Å². The average molecular weight is 244 g/mol. The van der Waals surface area contributed by atoms with Crippen molar-refractivity contribution in [1.82, 2.24) is 0 Å². The van der Waals surface area contributed by atoms with Crippen molar-refractivity contribution in [3.05, 3.63) is 29.3 Å². The van der Waals surface area contributed by atoms with E-state index in [-0.39, 0.29) is 12.0 Å². The number of hydrogen-bond acceptors (Lipinski definition) is 2. The Balaban J connectivity index is 3.20. The molecule has 0 fully saturated rings.